The molecule has 5 heteroatoms. The number of benzene rings is 1. The van der Waals surface area contributed by atoms with Gasteiger partial charge in [0.15, 0.2) is 0 Å². The molecular formula is C12H15N3O2. The van der Waals surface area contributed by atoms with Gasteiger partial charge < -0.3 is 16.0 Å². The summed E-state index contributed by atoms with van der Waals surface area (Å²) in [6, 6.07) is 5.23. The lowest BCUT2D eigenvalue weighted by molar-refractivity contribution is -0.123. The van der Waals surface area contributed by atoms with E-state index in [4.69, 9.17) is 5.73 Å². The van der Waals surface area contributed by atoms with E-state index in [-0.39, 0.29) is 18.4 Å². The van der Waals surface area contributed by atoms with Crippen LogP contribution in [-0.2, 0) is 4.79 Å². The fourth-order valence-corrected chi connectivity index (χ4v) is 1.93. The average molecular weight is 233 g/mol. The van der Waals surface area contributed by atoms with Crippen LogP contribution in [0.2, 0.25) is 0 Å². The van der Waals surface area contributed by atoms with Crippen molar-refractivity contribution in [3.05, 3.63) is 29.3 Å². The monoisotopic (exact) mass is 233 g/mol. The first kappa shape index (κ1) is 11.4. The molecule has 90 valence electrons. The number of nitrogen functional groups attached to an aromatic ring is 1. The van der Waals surface area contributed by atoms with E-state index >= 15 is 0 Å². The lowest BCUT2D eigenvalue weighted by Gasteiger charge is -2.26. The number of amides is 2. The number of anilines is 1. The Morgan fingerprint density at radius 1 is 1.41 bits per heavy atom. The molecule has 0 radical (unpaired) electrons. The zero-order chi connectivity index (χ0) is 12.4. The maximum absolute atomic E-state index is 12.1. The number of carbonyl (C=O) groups excluding carboxylic acids is 2. The number of rotatable bonds is 1. The summed E-state index contributed by atoms with van der Waals surface area (Å²) in [7, 11) is 0. The topological polar surface area (TPSA) is 75.4 Å². The summed E-state index contributed by atoms with van der Waals surface area (Å²) in [5.74, 6) is -0.263. The lowest BCUT2D eigenvalue weighted by atomic mass is 10.1. The largest absolute Gasteiger partial charge is 0.399 e. The van der Waals surface area contributed by atoms with Crippen LogP contribution in [-0.4, -0.2) is 36.3 Å². The van der Waals surface area contributed by atoms with Crippen LogP contribution in [0.15, 0.2) is 18.2 Å². The van der Waals surface area contributed by atoms with Crippen LogP contribution >= 0.6 is 0 Å². The summed E-state index contributed by atoms with van der Waals surface area (Å²) in [4.78, 5) is 24.9. The molecule has 0 aliphatic carbocycles. The molecule has 17 heavy (non-hydrogen) atoms. The van der Waals surface area contributed by atoms with E-state index in [0.717, 1.165) is 5.56 Å². The number of piperazine rings is 1. The predicted molar refractivity (Wildman–Crippen MR) is 64.5 cm³/mol. The Bertz CT molecular complexity index is 451. The zero-order valence-electron chi connectivity index (χ0n) is 9.69. The molecule has 2 amide bonds. The van der Waals surface area contributed by atoms with Gasteiger partial charge in [-0.25, -0.2) is 0 Å². The summed E-state index contributed by atoms with van der Waals surface area (Å²) in [6.07, 6.45) is 0. The molecule has 1 aromatic carbocycles. The molecule has 0 atom stereocenters. The molecule has 1 aromatic rings. The third kappa shape index (κ3) is 2.55. The van der Waals surface area contributed by atoms with Gasteiger partial charge >= 0.3 is 0 Å². The van der Waals surface area contributed by atoms with E-state index in [2.05, 4.69) is 5.32 Å². The van der Waals surface area contributed by atoms with Crippen LogP contribution in [0.1, 0.15) is 15.9 Å². The van der Waals surface area contributed by atoms with E-state index in [1.54, 1.807) is 18.2 Å². The number of hydrogen-bond acceptors (Lipinski definition) is 3. The Labute approximate surface area is 99.6 Å². The van der Waals surface area contributed by atoms with E-state index < -0.39 is 0 Å². The highest BCUT2D eigenvalue weighted by atomic mass is 16.2. The summed E-state index contributed by atoms with van der Waals surface area (Å²) in [6.45, 7) is 3.05. The molecule has 1 saturated heterocycles. The zero-order valence-corrected chi connectivity index (χ0v) is 9.69. The van der Waals surface area contributed by atoms with Crippen LogP contribution < -0.4 is 11.1 Å². The lowest BCUT2D eigenvalue weighted by Crippen LogP contribution is -2.49. The van der Waals surface area contributed by atoms with E-state index in [1.165, 1.54) is 4.90 Å². The van der Waals surface area contributed by atoms with Gasteiger partial charge in [0.1, 0.15) is 0 Å². The van der Waals surface area contributed by atoms with Crippen molar-refractivity contribution < 1.29 is 9.59 Å². The van der Waals surface area contributed by atoms with Crippen molar-refractivity contribution in [3.63, 3.8) is 0 Å². The van der Waals surface area contributed by atoms with Crippen molar-refractivity contribution in [2.45, 2.75) is 6.92 Å². The summed E-state index contributed by atoms with van der Waals surface area (Å²) < 4.78 is 0. The Hall–Kier alpha value is -2.04. The van der Waals surface area contributed by atoms with Gasteiger partial charge in [-0.2, -0.15) is 0 Å². The van der Waals surface area contributed by atoms with Crippen molar-refractivity contribution in [1.82, 2.24) is 10.2 Å². The second kappa shape index (κ2) is 4.45. The average Bonchev–Trinajstić information content (AvgIpc) is 2.26. The highest BCUT2D eigenvalue weighted by molar-refractivity contribution is 5.97. The van der Waals surface area contributed by atoms with Crippen molar-refractivity contribution in [2.75, 3.05) is 25.4 Å². The molecule has 1 aliphatic heterocycles. The molecular weight excluding hydrogens is 218 g/mol. The van der Waals surface area contributed by atoms with Crippen LogP contribution in [0.4, 0.5) is 5.69 Å². The molecule has 1 heterocycles. The molecule has 3 N–H and O–H groups in total. The summed E-state index contributed by atoms with van der Waals surface area (Å²) in [5, 5.41) is 2.68. The minimum absolute atomic E-state index is 0.118. The summed E-state index contributed by atoms with van der Waals surface area (Å²) in [5.41, 5.74) is 7.75. The second-order valence-corrected chi connectivity index (χ2v) is 4.21. The molecule has 0 unspecified atom stereocenters. The van der Waals surface area contributed by atoms with Crippen LogP contribution in [0.25, 0.3) is 0 Å². The predicted octanol–water partition coefficient (Wildman–Crippen LogP) is 0.149. The first-order valence-corrected chi connectivity index (χ1v) is 5.49. The highest BCUT2D eigenvalue weighted by Crippen LogP contribution is 2.13. The van der Waals surface area contributed by atoms with Gasteiger partial charge in [-0.3, -0.25) is 9.59 Å². The molecule has 1 aliphatic rings. The maximum Gasteiger partial charge on any atom is 0.254 e. The molecule has 5 nitrogen and oxygen atoms in total. The number of nitrogens with one attached hydrogen (secondary N) is 1. The van der Waals surface area contributed by atoms with Gasteiger partial charge in [0.2, 0.25) is 5.91 Å². The van der Waals surface area contributed by atoms with Crippen molar-refractivity contribution in [2.24, 2.45) is 0 Å². The smallest absolute Gasteiger partial charge is 0.254 e. The number of nitrogens with two attached hydrogens (primary N) is 1. The number of aryl methyl sites for hydroxylation is 1. The Morgan fingerprint density at radius 3 is 2.82 bits per heavy atom. The van der Waals surface area contributed by atoms with Crippen LogP contribution in [0, 0.1) is 6.92 Å². The van der Waals surface area contributed by atoms with E-state index in [1.807, 2.05) is 6.92 Å². The SMILES string of the molecule is Cc1cc(N)cc(C(=O)N2CCNC(=O)C2)c1. The fourth-order valence-electron chi connectivity index (χ4n) is 1.93. The van der Waals surface area contributed by atoms with Crippen molar-refractivity contribution >= 4 is 17.5 Å². The maximum atomic E-state index is 12.1. The molecule has 0 aromatic heterocycles. The number of nitrogens with zero attached hydrogens (tertiary/aromatic N) is 1. The molecule has 0 bridgehead atoms. The van der Waals surface area contributed by atoms with Crippen molar-refractivity contribution in [1.29, 1.82) is 0 Å². The third-order valence-electron chi connectivity index (χ3n) is 2.67. The van der Waals surface area contributed by atoms with Crippen LogP contribution in [0.5, 0.6) is 0 Å². The molecule has 0 saturated carbocycles. The van der Waals surface area contributed by atoms with Crippen molar-refractivity contribution in [3.8, 4) is 0 Å². The third-order valence-corrected chi connectivity index (χ3v) is 2.67. The van der Waals surface area contributed by atoms with Gasteiger partial charge in [0, 0.05) is 24.3 Å². The second-order valence-electron chi connectivity index (χ2n) is 4.21. The Morgan fingerprint density at radius 2 is 2.18 bits per heavy atom. The first-order chi connectivity index (χ1) is 8.06. The van der Waals surface area contributed by atoms with Gasteiger partial charge in [0.05, 0.1) is 6.54 Å². The highest BCUT2D eigenvalue weighted by Gasteiger charge is 2.22. The number of hydrogen-bond donors (Lipinski definition) is 2. The Kier molecular flexibility index (Phi) is 2.99. The van der Waals surface area contributed by atoms with Gasteiger partial charge in [-0.15, -0.1) is 0 Å². The fraction of sp³-hybridized carbons (Fsp3) is 0.333. The minimum atomic E-state index is -0.143. The first-order valence-electron chi connectivity index (χ1n) is 5.49. The van der Waals surface area contributed by atoms with Gasteiger partial charge in [0.25, 0.3) is 5.91 Å². The quantitative estimate of drug-likeness (QED) is 0.678. The standard InChI is InChI=1S/C12H15N3O2/c1-8-4-9(6-10(13)5-8)12(17)15-3-2-14-11(16)7-15/h4-6H,2-3,7,13H2,1H3,(H,14,16). The molecule has 1 fully saturated rings. The van der Waals surface area contributed by atoms with E-state index in [9.17, 15) is 9.59 Å². The van der Waals surface area contributed by atoms with E-state index in [0.29, 0.717) is 24.3 Å². The summed E-state index contributed by atoms with van der Waals surface area (Å²) >= 11 is 0. The Balaban J connectivity index is 2.21. The van der Waals surface area contributed by atoms with Crippen LogP contribution in [0.3, 0.4) is 0 Å². The van der Waals surface area contributed by atoms with Gasteiger partial charge in [-0.05, 0) is 30.7 Å². The normalized spacial score (nSPS) is 15.6. The molecule has 0 spiro atoms. The molecule has 2 rings (SSSR count). The number of carbonyl (C=O) groups is 2. The van der Waals surface area contributed by atoms with Gasteiger partial charge in [-0.1, -0.05) is 0 Å². The minimum Gasteiger partial charge on any atom is -0.399 e.